The first kappa shape index (κ1) is 19.7. The van der Waals surface area contributed by atoms with Crippen LogP contribution >= 0.6 is 0 Å². The highest BCUT2D eigenvalue weighted by Gasteiger charge is 2.41. The van der Waals surface area contributed by atoms with Crippen LogP contribution in [0.2, 0.25) is 0 Å². The maximum atomic E-state index is 13.1. The van der Waals surface area contributed by atoms with Crippen molar-refractivity contribution in [2.75, 3.05) is 19.6 Å². The van der Waals surface area contributed by atoms with Crippen LogP contribution in [-0.2, 0) is 17.9 Å². The molecular weight excluding hydrogens is 340 g/mol. The first-order valence-electron chi connectivity index (χ1n) is 10.2. The minimum atomic E-state index is -0.181. The summed E-state index contributed by atoms with van der Waals surface area (Å²) in [6, 6.07) is 0. The van der Waals surface area contributed by atoms with E-state index in [1.807, 2.05) is 17.1 Å². The molecule has 0 N–H and O–H groups in total. The summed E-state index contributed by atoms with van der Waals surface area (Å²) in [4.78, 5) is 17.5. The third kappa shape index (κ3) is 4.64. The van der Waals surface area contributed by atoms with Crippen LogP contribution in [0.1, 0.15) is 57.2 Å². The first-order chi connectivity index (χ1) is 13.2. The summed E-state index contributed by atoms with van der Waals surface area (Å²) in [6.45, 7) is 11.6. The lowest BCUT2D eigenvalue weighted by Crippen LogP contribution is -2.48. The Morgan fingerprint density at radius 1 is 1.04 bits per heavy atom. The molecule has 2 fully saturated rings. The number of aromatic nitrogens is 4. The highest BCUT2D eigenvalue weighted by atomic mass is 16.2. The lowest BCUT2D eigenvalue weighted by Gasteiger charge is -2.37. The molecule has 2 aliphatic rings. The molecular formula is C20H32N6O. The quantitative estimate of drug-likeness (QED) is 0.656. The van der Waals surface area contributed by atoms with Crippen LogP contribution in [-0.4, -0.2) is 61.1 Å². The van der Waals surface area contributed by atoms with Gasteiger partial charge in [0.25, 0.3) is 0 Å². The van der Waals surface area contributed by atoms with Gasteiger partial charge in [0.05, 0.1) is 6.54 Å². The van der Waals surface area contributed by atoms with Gasteiger partial charge in [0, 0.05) is 12.1 Å². The molecule has 0 aromatic carbocycles. The molecule has 7 heteroatoms. The SMILES string of the molecule is C=CCC1(CC=C)CCCN1C(=O)Cn1nnnc1CN1CCCCCC1. The molecule has 0 saturated carbocycles. The summed E-state index contributed by atoms with van der Waals surface area (Å²) < 4.78 is 1.68. The minimum Gasteiger partial charge on any atom is -0.335 e. The Labute approximate surface area is 162 Å². The van der Waals surface area contributed by atoms with Crippen LogP contribution < -0.4 is 0 Å². The van der Waals surface area contributed by atoms with Crippen LogP contribution in [0, 0.1) is 0 Å². The number of hydrogen-bond donors (Lipinski definition) is 0. The van der Waals surface area contributed by atoms with Gasteiger partial charge in [-0.15, -0.1) is 18.3 Å². The standard InChI is InChI=1S/C20H32N6O/c1-3-10-20(11-4-2)12-9-15-25(20)19(27)17-26-18(21-22-23-26)16-24-13-7-5-6-8-14-24/h3-4H,1-2,5-17H2. The van der Waals surface area contributed by atoms with E-state index in [2.05, 4.69) is 33.6 Å². The zero-order chi connectivity index (χ0) is 19.1. The number of tetrazole rings is 1. The molecule has 0 radical (unpaired) electrons. The van der Waals surface area contributed by atoms with Gasteiger partial charge in [-0.25, -0.2) is 4.68 Å². The molecule has 0 aliphatic carbocycles. The van der Waals surface area contributed by atoms with Crippen molar-refractivity contribution in [3.05, 3.63) is 31.1 Å². The molecule has 0 bridgehead atoms. The summed E-state index contributed by atoms with van der Waals surface area (Å²) in [5.74, 6) is 0.864. The third-order valence-corrected chi connectivity index (χ3v) is 5.90. The van der Waals surface area contributed by atoms with E-state index in [1.165, 1.54) is 25.7 Å². The Balaban J connectivity index is 1.68. The fourth-order valence-electron chi connectivity index (χ4n) is 4.54. The van der Waals surface area contributed by atoms with Gasteiger partial charge in [-0.05, 0) is 62.0 Å². The Morgan fingerprint density at radius 3 is 2.41 bits per heavy atom. The van der Waals surface area contributed by atoms with Gasteiger partial charge in [-0.1, -0.05) is 25.0 Å². The average Bonchev–Trinajstić information content (AvgIpc) is 3.16. The molecule has 1 amide bonds. The molecule has 0 unspecified atom stereocenters. The Bertz CT molecular complexity index is 637. The number of rotatable bonds is 8. The van der Waals surface area contributed by atoms with Crippen molar-refractivity contribution >= 4 is 5.91 Å². The number of hydrogen-bond acceptors (Lipinski definition) is 5. The maximum absolute atomic E-state index is 13.1. The van der Waals surface area contributed by atoms with Crippen molar-refractivity contribution in [1.82, 2.24) is 30.0 Å². The van der Waals surface area contributed by atoms with Crippen molar-refractivity contribution in [2.24, 2.45) is 0 Å². The van der Waals surface area contributed by atoms with Gasteiger partial charge in [0.15, 0.2) is 5.82 Å². The summed E-state index contributed by atoms with van der Waals surface area (Å²) in [6.07, 6.45) is 12.5. The predicted molar refractivity (Wildman–Crippen MR) is 105 cm³/mol. The molecule has 2 saturated heterocycles. The normalized spacial score (nSPS) is 20.4. The van der Waals surface area contributed by atoms with Crippen molar-refractivity contribution in [3.63, 3.8) is 0 Å². The molecule has 27 heavy (non-hydrogen) atoms. The fourth-order valence-corrected chi connectivity index (χ4v) is 4.54. The summed E-state index contributed by atoms with van der Waals surface area (Å²) in [5.41, 5.74) is -0.181. The van der Waals surface area contributed by atoms with Crippen molar-refractivity contribution < 1.29 is 4.79 Å². The topological polar surface area (TPSA) is 67.2 Å². The molecule has 1 aromatic rings. The van der Waals surface area contributed by atoms with E-state index in [0.717, 1.165) is 51.1 Å². The van der Waals surface area contributed by atoms with Crippen molar-refractivity contribution in [2.45, 2.75) is 70.0 Å². The maximum Gasteiger partial charge on any atom is 0.244 e. The molecule has 1 aromatic heterocycles. The largest absolute Gasteiger partial charge is 0.335 e. The van der Waals surface area contributed by atoms with E-state index in [9.17, 15) is 4.79 Å². The van der Waals surface area contributed by atoms with Gasteiger partial charge in [-0.2, -0.15) is 0 Å². The first-order valence-corrected chi connectivity index (χ1v) is 10.2. The van der Waals surface area contributed by atoms with E-state index in [4.69, 9.17) is 0 Å². The second-order valence-corrected chi connectivity index (χ2v) is 7.80. The lowest BCUT2D eigenvalue weighted by atomic mass is 9.88. The van der Waals surface area contributed by atoms with Crippen molar-refractivity contribution in [3.8, 4) is 0 Å². The van der Waals surface area contributed by atoms with E-state index >= 15 is 0 Å². The monoisotopic (exact) mass is 372 g/mol. The van der Waals surface area contributed by atoms with E-state index in [-0.39, 0.29) is 18.0 Å². The molecule has 2 aliphatic heterocycles. The highest BCUT2D eigenvalue weighted by molar-refractivity contribution is 5.77. The summed E-state index contributed by atoms with van der Waals surface area (Å²) in [7, 11) is 0. The Kier molecular flexibility index (Phi) is 6.77. The van der Waals surface area contributed by atoms with Crippen LogP contribution in [0.15, 0.2) is 25.3 Å². The number of carbonyl (C=O) groups excluding carboxylic acids is 1. The summed E-state index contributed by atoms with van der Waals surface area (Å²) in [5, 5.41) is 12.1. The minimum absolute atomic E-state index is 0.0839. The van der Waals surface area contributed by atoms with Gasteiger partial charge in [-0.3, -0.25) is 9.69 Å². The summed E-state index contributed by atoms with van der Waals surface area (Å²) >= 11 is 0. The smallest absolute Gasteiger partial charge is 0.244 e. The molecule has 7 nitrogen and oxygen atoms in total. The molecule has 0 atom stereocenters. The number of amides is 1. The van der Waals surface area contributed by atoms with Crippen LogP contribution in [0.4, 0.5) is 0 Å². The highest BCUT2D eigenvalue weighted by Crippen LogP contribution is 2.36. The van der Waals surface area contributed by atoms with Crippen LogP contribution in [0.25, 0.3) is 0 Å². The second-order valence-electron chi connectivity index (χ2n) is 7.80. The van der Waals surface area contributed by atoms with E-state index in [1.54, 1.807) is 4.68 Å². The molecule has 148 valence electrons. The molecule has 3 rings (SSSR count). The predicted octanol–water partition coefficient (Wildman–Crippen LogP) is 2.56. The van der Waals surface area contributed by atoms with E-state index in [0.29, 0.717) is 6.54 Å². The van der Waals surface area contributed by atoms with Gasteiger partial charge < -0.3 is 4.90 Å². The lowest BCUT2D eigenvalue weighted by molar-refractivity contribution is -0.136. The number of likely N-dealkylation sites (tertiary alicyclic amines) is 2. The second kappa shape index (κ2) is 9.26. The number of carbonyl (C=O) groups is 1. The number of nitrogens with zero attached hydrogens (tertiary/aromatic N) is 6. The average molecular weight is 373 g/mol. The van der Waals surface area contributed by atoms with E-state index < -0.39 is 0 Å². The zero-order valence-electron chi connectivity index (χ0n) is 16.4. The van der Waals surface area contributed by atoms with Crippen LogP contribution in [0.5, 0.6) is 0 Å². The van der Waals surface area contributed by atoms with Crippen LogP contribution in [0.3, 0.4) is 0 Å². The fraction of sp³-hybridized carbons (Fsp3) is 0.700. The van der Waals surface area contributed by atoms with Gasteiger partial charge in [0.1, 0.15) is 6.54 Å². The molecule has 0 spiro atoms. The zero-order valence-corrected chi connectivity index (χ0v) is 16.4. The molecule has 3 heterocycles. The van der Waals surface area contributed by atoms with Gasteiger partial charge in [0.2, 0.25) is 5.91 Å². The Hall–Kier alpha value is -2.02. The third-order valence-electron chi connectivity index (χ3n) is 5.90. The Morgan fingerprint density at radius 2 is 1.74 bits per heavy atom. The van der Waals surface area contributed by atoms with Gasteiger partial charge >= 0.3 is 0 Å². The van der Waals surface area contributed by atoms with Crippen molar-refractivity contribution in [1.29, 1.82) is 0 Å².